The Morgan fingerprint density at radius 2 is 2.09 bits per heavy atom. The molecule has 126 valence electrons. The number of nitrogens with zero attached hydrogens (tertiary/aromatic N) is 3. The highest BCUT2D eigenvalue weighted by atomic mass is 32.2. The lowest BCUT2D eigenvalue weighted by molar-refractivity contribution is 0.104. The summed E-state index contributed by atoms with van der Waals surface area (Å²) in [7, 11) is -3.40. The summed E-state index contributed by atoms with van der Waals surface area (Å²) in [6.07, 6.45) is 1.72. The van der Waals surface area contributed by atoms with Gasteiger partial charge in [-0.05, 0) is 6.42 Å². The first-order valence-corrected chi connectivity index (χ1v) is 9.29. The number of likely N-dealkylation sites (N-methyl/N-ethyl adjacent to an activating group) is 1. The molecule has 22 heavy (non-hydrogen) atoms. The van der Waals surface area contributed by atoms with Crippen LogP contribution in [-0.2, 0) is 14.9 Å². The van der Waals surface area contributed by atoms with Gasteiger partial charge in [-0.25, -0.2) is 4.79 Å². The zero-order chi connectivity index (χ0) is 16.3. The zero-order valence-electron chi connectivity index (χ0n) is 12.7. The van der Waals surface area contributed by atoms with Crippen molar-refractivity contribution in [2.75, 3.05) is 39.3 Å². The van der Waals surface area contributed by atoms with Crippen LogP contribution in [0.1, 0.15) is 13.3 Å². The van der Waals surface area contributed by atoms with Gasteiger partial charge in [-0.3, -0.25) is 0 Å². The van der Waals surface area contributed by atoms with Crippen molar-refractivity contribution in [3.05, 3.63) is 12.7 Å². The lowest BCUT2D eigenvalue weighted by Crippen LogP contribution is -2.45. The van der Waals surface area contributed by atoms with Crippen LogP contribution in [0.4, 0.5) is 4.79 Å². The third-order valence-corrected chi connectivity index (χ3v) is 6.42. The Morgan fingerprint density at radius 1 is 1.41 bits per heavy atom. The summed E-state index contributed by atoms with van der Waals surface area (Å²) < 4.78 is 32.6. The van der Waals surface area contributed by atoms with Crippen molar-refractivity contribution in [2.45, 2.75) is 24.6 Å². The molecule has 0 spiro atoms. The summed E-state index contributed by atoms with van der Waals surface area (Å²) >= 11 is 4.42. The molecule has 2 aliphatic rings. The summed E-state index contributed by atoms with van der Waals surface area (Å²) in [6.45, 7) is 7.65. The highest BCUT2D eigenvalue weighted by Crippen LogP contribution is 2.26. The van der Waals surface area contributed by atoms with Gasteiger partial charge in [0, 0.05) is 38.0 Å². The van der Waals surface area contributed by atoms with Gasteiger partial charge in [0.15, 0.2) is 0 Å². The fourth-order valence-corrected chi connectivity index (χ4v) is 4.92. The van der Waals surface area contributed by atoms with Crippen LogP contribution in [0.3, 0.4) is 0 Å². The van der Waals surface area contributed by atoms with Crippen molar-refractivity contribution in [1.82, 2.24) is 13.5 Å². The second-order valence-corrected chi connectivity index (χ2v) is 8.08. The standard InChI is InChI=1S/C13H23N3O4S2/c1-3-7-20-13(17)16-10-12(21)8-11(16)9-15-6-5-14(4-2)22(15,18)19/h3,11-12,21H,1,4-10H2,2H3/t11-,12-/m0/s1. The van der Waals surface area contributed by atoms with Gasteiger partial charge in [-0.1, -0.05) is 19.6 Å². The van der Waals surface area contributed by atoms with Crippen molar-refractivity contribution in [2.24, 2.45) is 0 Å². The molecule has 2 heterocycles. The first-order valence-electron chi connectivity index (χ1n) is 7.37. The number of hydrogen-bond donors (Lipinski definition) is 1. The average Bonchev–Trinajstić information content (AvgIpc) is 2.97. The third kappa shape index (κ3) is 3.58. The number of rotatable bonds is 5. The van der Waals surface area contributed by atoms with Crippen LogP contribution >= 0.6 is 12.6 Å². The lowest BCUT2D eigenvalue weighted by Gasteiger charge is -2.27. The Balaban J connectivity index is 2.04. The zero-order valence-corrected chi connectivity index (χ0v) is 14.4. The molecule has 7 nitrogen and oxygen atoms in total. The van der Waals surface area contributed by atoms with Crippen molar-refractivity contribution < 1.29 is 17.9 Å². The number of ether oxygens (including phenoxy) is 1. The van der Waals surface area contributed by atoms with E-state index in [2.05, 4.69) is 19.2 Å². The van der Waals surface area contributed by atoms with Gasteiger partial charge in [-0.15, -0.1) is 0 Å². The van der Waals surface area contributed by atoms with E-state index in [-0.39, 0.29) is 17.9 Å². The van der Waals surface area contributed by atoms with Gasteiger partial charge in [0.1, 0.15) is 6.61 Å². The Hall–Kier alpha value is -0.770. The highest BCUT2D eigenvalue weighted by molar-refractivity contribution is 7.87. The Morgan fingerprint density at radius 3 is 2.68 bits per heavy atom. The minimum absolute atomic E-state index is 0.0360. The second kappa shape index (κ2) is 7.20. The van der Waals surface area contributed by atoms with E-state index in [9.17, 15) is 13.2 Å². The maximum absolute atomic E-state index is 12.3. The van der Waals surface area contributed by atoms with Crippen molar-refractivity contribution in [3.63, 3.8) is 0 Å². The van der Waals surface area contributed by atoms with E-state index in [0.29, 0.717) is 39.1 Å². The minimum Gasteiger partial charge on any atom is -0.445 e. The van der Waals surface area contributed by atoms with Crippen LogP contribution in [0.2, 0.25) is 0 Å². The molecule has 0 aromatic heterocycles. The first-order chi connectivity index (χ1) is 10.4. The largest absolute Gasteiger partial charge is 0.445 e. The maximum atomic E-state index is 12.3. The Bertz CT molecular complexity index is 525. The number of likely N-dealkylation sites (tertiary alicyclic amines) is 1. The Labute approximate surface area is 137 Å². The minimum atomic E-state index is -3.40. The molecule has 2 fully saturated rings. The summed E-state index contributed by atoms with van der Waals surface area (Å²) in [5, 5.41) is 0.0360. The molecule has 0 radical (unpaired) electrons. The maximum Gasteiger partial charge on any atom is 0.410 e. The molecule has 0 saturated carbocycles. The van der Waals surface area contributed by atoms with Crippen molar-refractivity contribution in [1.29, 1.82) is 0 Å². The molecule has 2 saturated heterocycles. The van der Waals surface area contributed by atoms with Gasteiger partial charge < -0.3 is 9.64 Å². The number of carbonyl (C=O) groups excluding carboxylic acids is 1. The van der Waals surface area contributed by atoms with Gasteiger partial charge in [-0.2, -0.15) is 29.7 Å². The van der Waals surface area contributed by atoms with Crippen molar-refractivity contribution in [3.8, 4) is 0 Å². The number of carbonyl (C=O) groups is 1. The lowest BCUT2D eigenvalue weighted by atomic mass is 10.2. The van der Waals surface area contributed by atoms with Gasteiger partial charge in [0.2, 0.25) is 0 Å². The fraction of sp³-hybridized carbons (Fsp3) is 0.769. The topological polar surface area (TPSA) is 70.2 Å². The number of thiol groups is 1. The van der Waals surface area contributed by atoms with Crippen LogP contribution < -0.4 is 0 Å². The molecule has 0 unspecified atom stereocenters. The molecule has 0 aromatic carbocycles. The molecule has 2 aliphatic heterocycles. The quantitative estimate of drug-likeness (QED) is 0.582. The van der Waals surface area contributed by atoms with E-state index in [1.165, 1.54) is 14.7 Å². The molecule has 2 rings (SSSR count). The predicted molar refractivity (Wildman–Crippen MR) is 87.2 cm³/mol. The SMILES string of the molecule is C=CCOC(=O)N1C[C@@H](S)C[C@H]1CN1CCN(CC)S1(=O)=O. The molecule has 1 amide bonds. The fourth-order valence-electron chi connectivity index (χ4n) is 2.86. The highest BCUT2D eigenvalue weighted by Gasteiger charge is 2.41. The molecule has 2 atom stereocenters. The van der Waals surface area contributed by atoms with Crippen LogP contribution in [0.5, 0.6) is 0 Å². The Kier molecular flexibility index (Phi) is 5.76. The normalized spacial score (nSPS) is 28.9. The first kappa shape index (κ1) is 17.6. The molecule has 0 aliphatic carbocycles. The van der Waals surface area contributed by atoms with Crippen molar-refractivity contribution >= 4 is 28.9 Å². The molecule has 0 N–H and O–H groups in total. The monoisotopic (exact) mass is 349 g/mol. The van der Waals surface area contributed by atoms with Crippen LogP contribution in [0.25, 0.3) is 0 Å². The van der Waals surface area contributed by atoms with E-state index in [4.69, 9.17) is 4.74 Å². The number of hydrogen-bond acceptors (Lipinski definition) is 5. The van der Waals surface area contributed by atoms with Crippen LogP contribution in [-0.4, -0.2) is 78.6 Å². The molecular formula is C13H23N3O4S2. The smallest absolute Gasteiger partial charge is 0.410 e. The molecular weight excluding hydrogens is 326 g/mol. The van der Waals surface area contributed by atoms with Crippen LogP contribution in [0, 0.1) is 0 Å². The van der Waals surface area contributed by atoms with E-state index >= 15 is 0 Å². The van der Waals surface area contributed by atoms with Crippen LogP contribution in [0.15, 0.2) is 12.7 Å². The predicted octanol–water partition coefficient (Wildman–Crippen LogP) is 0.564. The second-order valence-electron chi connectivity index (χ2n) is 5.42. The summed E-state index contributed by atoms with van der Waals surface area (Å²) in [6, 6.07) is -0.202. The molecule has 0 bridgehead atoms. The molecule has 0 aromatic rings. The van der Waals surface area contributed by atoms with Gasteiger partial charge in [0.25, 0.3) is 10.2 Å². The van der Waals surface area contributed by atoms with E-state index in [1.54, 1.807) is 4.90 Å². The average molecular weight is 349 g/mol. The third-order valence-electron chi connectivity index (χ3n) is 3.97. The van der Waals surface area contributed by atoms with E-state index < -0.39 is 16.3 Å². The molecule has 9 heteroatoms. The summed E-state index contributed by atoms with van der Waals surface area (Å²) in [5.74, 6) is 0. The van der Waals surface area contributed by atoms with Gasteiger partial charge in [0.05, 0.1) is 6.04 Å². The summed E-state index contributed by atoms with van der Waals surface area (Å²) in [5.41, 5.74) is 0. The number of amides is 1. The summed E-state index contributed by atoms with van der Waals surface area (Å²) in [4.78, 5) is 13.6. The van der Waals surface area contributed by atoms with E-state index in [0.717, 1.165) is 0 Å². The van der Waals surface area contributed by atoms with E-state index in [1.807, 2.05) is 6.92 Å². The van der Waals surface area contributed by atoms with Gasteiger partial charge >= 0.3 is 6.09 Å².